The normalized spacial score (nSPS) is 20.9. The quantitative estimate of drug-likeness (QED) is 0.839. The van der Waals surface area contributed by atoms with Crippen molar-refractivity contribution in [2.24, 2.45) is 0 Å². The van der Waals surface area contributed by atoms with Crippen molar-refractivity contribution in [1.82, 2.24) is 15.2 Å². The van der Waals surface area contributed by atoms with Crippen LogP contribution < -0.4 is 10.2 Å². The van der Waals surface area contributed by atoms with Crippen LogP contribution >= 0.6 is 11.3 Å². The molecule has 21 heavy (non-hydrogen) atoms. The molecule has 2 unspecified atom stereocenters. The first-order valence-electron chi connectivity index (χ1n) is 8.15. The highest BCUT2D eigenvalue weighted by Crippen LogP contribution is 2.31. The highest BCUT2D eigenvalue weighted by atomic mass is 32.1. The standard InChI is InChI=1S/C16H30N4S/c1-6-9-17-12(2)15-13(3)18-16(21-15)20(5)11-14-8-7-10-19(14)4/h12,14,17H,6-11H2,1-5H3. The Kier molecular flexibility index (Phi) is 6.02. The van der Waals surface area contributed by atoms with E-state index in [1.807, 2.05) is 11.3 Å². The summed E-state index contributed by atoms with van der Waals surface area (Å²) in [5.74, 6) is 0. The second-order valence-electron chi connectivity index (χ2n) is 6.28. The summed E-state index contributed by atoms with van der Waals surface area (Å²) in [6.45, 7) is 9.96. The topological polar surface area (TPSA) is 31.4 Å². The van der Waals surface area contributed by atoms with Crippen LogP contribution in [0.3, 0.4) is 0 Å². The zero-order valence-electron chi connectivity index (χ0n) is 14.1. The van der Waals surface area contributed by atoms with Gasteiger partial charge in [0.1, 0.15) is 0 Å². The number of aryl methyl sites for hydroxylation is 1. The molecule has 1 aliphatic rings. The minimum absolute atomic E-state index is 0.402. The van der Waals surface area contributed by atoms with Gasteiger partial charge in [-0.1, -0.05) is 6.92 Å². The summed E-state index contributed by atoms with van der Waals surface area (Å²) in [5, 5.41) is 4.73. The predicted molar refractivity (Wildman–Crippen MR) is 92.5 cm³/mol. The molecule has 0 aliphatic carbocycles. The minimum atomic E-state index is 0.402. The Balaban J connectivity index is 1.99. The van der Waals surface area contributed by atoms with Gasteiger partial charge >= 0.3 is 0 Å². The van der Waals surface area contributed by atoms with Crippen LogP contribution in [-0.4, -0.2) is 49.7 Å². The van der Waals surface area contributed by atoms with Crippen molar-refractivity contribution in [1.29, 1.82) is 0 Å². The summed E-state index contributed by atoms with van der Waals surface area (Å²) < 4.78 is 0. The van der Waals surface area contributed by atoms with Crippen molar-refractivity contribution in [3.8, 4) is 0 Å². The molecule has 1 aromatic heterocycles. The van der Waals surface area contributed by atoms with Crippen molar-refractivity contribution >= 4 is 16.5 Å². The van der Waals surface area contributed by atoms with Crippen LogP contribution in [0.4, 0.5) is 5.13 Å². The maximum Gasteiger partial charge on any atom is 0.185 e. The Morgan fingerprint density at radius 3 is 2.90 bits per heavy atom. The van der Waals surface area contributed by atoms with Gasteiger partial charge in [0.2, 0.25) is 0 Å². The van der Waals surface area contributed by atoms with E-state index in [0.29, 0.717) is 12.1 Å². The minimum Gasteiger partial charge on any atom is -0.350 e. The van der Waals surface area contributed by atoms with Crippen molar-refractivity contribution in [3.05, 3.63) is 10.6 Å². The van der Waals surface area contributed by atoms with Crippen molar-refractivity contribution in [2.45, 2.75) is 52.1 Å². The number of anilines is 1. The monoisotopic (exact) mass is 310 g/mol. The van der Waals surface area contributed by atoms with Crippen LogP contribution in [0.2, 0.25) is 0 Å². The van der Waals surface area contributed by atoms with Crippen LogP contribution in [0.5, 0.6) is 0 Å². The van der Waals surface area contributed by atoms with Gasteiger partial charge in [-0.25, -0.2) is 4.98 Å². The average molecular weight is 311 g/mol. The number of nitrogens with zero attached hydrogens (tertiary/aromatic N) is 3. The molecule has 120 valence electrons. The van der Waals surface area contributed by atoms with E-state index < -0.39 is 0 Å². The average Bonchev–Trinajstić information content (AvgIpc) is 3.03. The van der Waals surface area contributed by atoms with E-state index >= 15 is 0 Å². The number of nitrogens with one attached hydrogen (secondary N) is 1. The molecule has 4 nitrogen and oxygen atoms in total. The van der Waals surface area contributed by atoms with Gasteiger partial charge in [-0.2, -0.15) is 0 Å². The summed E-state index contributed by atoms with van der Waals surface area (Å²) in [6.07, 6.45) is 3.81. The van der Waals surface area contributed by atoms with E-state index in [0.717, 1.165) is 18.2 Å². The van der Waals surface area contributed by atoms with Gasteiger partial charge < -0.3 is 15.1 Å². The molecule has 0 aromatic carbocycles. The molecular weight excluding hydrogens is 280 g/mol. The Bertz CT molecular complexity index is 445. The van der Waals surface area contributed by atoms with E-state index in [9.17, 15) is 0 Å². The maximum absolute atomic E-state index is 4.79. The number of rotatable bonds is 7. The lowest BCUT2D eigenvalue weighted by Gasteiger charge is -2.25. The lowest BCUT2D eigenvalue weighted by molar-refractivity contribution is 0.314. The SMILES string of the molecule is CCCNC(C)c1sc(N(C)CC2CCCN2C)nc1C. The molecule has 1 N–H and O–H groups in total. The summed E-state index contributed by atoms with van der Waals surface area (Å²) in [4.78, 5) is 11.0. The van der Waals surface area contributed by atoms with E-state index in [1.54, 1.807) is 0 Å². The second-order valence-corrected chi connectivity index (χ2v) is 7.29. The first-order chi connectivity index (χ1) is 10.0. The van der Waals surface area contributed by atoms with Gasteiger partial charge in [-0.3, -0.25) is 0 Å². The van der Waals surface area contributed by atoms with Gasteiger partial charge in [-0.15, -0.1) is 11.3 Å². The third-order valence-corrected chi connectivity index (χ3v) is 5.85. The fourth-order valence-corrected chi connectivity index (χ4v) is 4.08. The Labute approximate surface area is 133 Å². The third kappa shape index (κ3) is 4.18. The molecule has 0 radical (unpaired) electrons. The predicted octanol–water partition coefficient (Wildman–Crippen LogP) is 3.04. The fourth-order valence-electron chi connectivity index (χ4n) is 3.02. The Hall–Kier alpha value is -0.650. The lowest BCUT2D eigenvalue weighted by Crippen LogP contribution is -2.36. The van der Waals surface area contributed by atoms with Gasteiger partial charge in [0.25, 0.3) is 0 Å². The van der Waals surface area contributed by atoms with E-state index in [2.05, 4.69) is 50.0 Å². The zero-order valence-corrected chi connectivity index (χ0v) is 15.0. The lowest BCUT2D eigenvalue weighted by atomic mass is 10.2. The second kappa shape index (κ2) is 7.56. The number of hydrogen-bond acceptors (Lipinski definition) is 5. The van der Waals surface area contributed by atoms with Crippen molar-refractivity contribution < 1.29 is 0 Å². The number of likely N-dealkylation sites (tertiary alicyclic amines) is 1. The highest BCUT2D eigenvalue weighted by Gasteiger charge is 2.24. The summed E-state index contributed by atoms with van der Waals surface area (Å²) in [6, 6.07) is 1.08. The zero-order chi connectivity index (χ0) is 15.4. The van der Waals surface area contributed by atoms with Gasteiger partial charge in [0.15, 0.2) is 5.13 Å². The van der Waals surface area contributed by atoms with Crippen LogP contribution in [0, 0.1) is 6.92 Å². The van der Waals surface area contributed by atoms with Crippen LogP contribution in [0.15, 0.2) is 0 Å². The molecule has 0 amide bonds. The molecule has 1 aliphatic heterocycles. The summed E-state index contributed by atoms with van der Waals surface area (Å²) >= 11 is 1.84. The summed E-state index contributed by atoms with van der Waals surface area (Å²) in [5.41, 5.74) is 1.18. The molecule has 1 fully saturated rings. The number of hydrogen-bond donors (Lipinski definition) is 1. The molecule has 1 aromatic rings. The molecule has 2 atom stereocenters. The molecule has 0 spiro atoms. The van der Waals surface area contributed by atoms with Gasteiger partial charge in [0.05, 0.1) is 5.69 Å². The number of thiazole rings is 1. The van der Waals surface area contributed by atoms with E-state index in [-0.39, 0.29) is 0 Å². The third-order valence-electron chi connectivity index (χ3n) is 4.40. The Morgan fingerprint density at radius 2 is 2.29 bits per heavy atom. The molecule has 2 heterocycles. The molecule has 2 rings (SSSR count). The summed E-state index contributed by atoms with van der Waals surface area (Å²) in [7, 11) is 4.42. The van der Waals surface area contributed by atoms with Crippen molar-refractivity contribution in [2.75, 3.05) is 38.6 Å². The van der Waals surface area contributed by atoms with Gasteiger partial charge in [-0.05, 0) is 53.2 Å². The smallest absolute Gasteiger partial charge is 0.185 e. The van der Waals surface area contributed by atoms with E-state index in [4.69, 9.17) is 4.98 Å². The molecule has 0 saturated carbocycles. The van der Waals surface area contributed by atoms with Gasteiger partial charge in [0, 0.05) is 30.6 Å². The van der Waals surface area contributed by atoms with E-state index in [1.165, 1.54) is 36.4 Å². The fraction of sp³-hybridized carbons (Fsp3) is 0.812. The van der Waals surface area contributed by atoms with Crippen LogP contribution in [0.25, 0.3) is 0 Å². The molecular formula is C16H30N4S. The highest BCUT2D eigenvalue weighted by molar-refractivity contribution is 7.15. The van der Waals surface area contributed by atoms with Crippen LogP contribution in [-0.2, 0) is 0 Å². The maximum atomic E-state index is 4.79. The first kappa shape index (κ1) is 16.7. The molecule has 0 bridgehead atoms. The van der Waals surface area contributed by atoms with Crippen LogP contribution in [0.1, 0.15) is 49.7 Å². The van der Waals surface area contributed by atoms with Crippen molar-refractivity contribution in [3.63, 3.8) is 0 Å². The Morgan fingerprint density at radius 1 is 1.52 bits per heavy atom. The molecule has 5 heteroatoms. The molecule has 1 saturated heterocycles. The largest absolute Gasteiger partial charge is 0.350 e. The number of likely N-dealkylation sites (N-methyl/N-ethyl adjacent to an activating group) is 2. The number of aromatic nitrogens is 1. The first-order valence-corrected chi connectivity index (χ1v) is 8.96.